The predicted octanol–water partition coefficient (Wildman–Crippen LogP) is 5.34. The van der Waals surface area contributed by atoms with Crippen molar-refractivity contribution >= 4 is 38.5 Å². The minimum Gasteiger partial charge on any atom is -0.218 e. The van der Waals surface area contributed by atoms with E-state index >= 15 is 0 Å². The average Bonchev–Trinajstić information content (AvgIpc) is 2.11. The van der Waals surface area contributed by atoms with Gasteiger partial charge in [0.1, 0.15) is 0 Å². The van der Waals surface area contributed by atoms with Gasteiger partial charge < -0.3 is 0 Å². The zero-order valence-electron chi connectivity index (χ0n) is 8.13. The molecule has 1 aromatic carbocycles. The molecule has 0 fully saturated rings. The maximum Gasteiger partial charge on any atom is 0.435 e. The number of hydrogen-bond acceptors (Lipinski definition) is 0. The van der Waals surface area contributed by atoms with Gasteiger partial charge in [-0.25, -0.2) is 4.39 Å². The molecule has 0 aromatic heterocycles. The SMILES string of the molecule is FC(F)(F)C(F)(c1cc(Br)cc(I)c1)C(F)(F)F. The summed E-state index contributed by atoms with van der Waals surface area (Å²) < 4.78 is 88.2. The van der Waals surface area contributed by atoms with E-state index in [-0.39, 0.29) is 8.04 Å². The maximum absolute atomic E-state index is 13.6. The van der Waals surface area contributed by atoms with Gasteiger partial charge in [-0.2, -0.15) is 26.3 Å². The third-order valence-electron chi connectivity index (χ3n) is 2.04. The van der Waals surface area contributed by atoms with Crippen LogP contribution in [0.25, 0.3) is 0 Å². The van der Waals surface area contributed by atoms with Crippen molar-refractivity contribution in [1.82, 2.24) is 0 Å². The van der Waals surface area contributed by atoms with Crippen LogP contribution < -0.4 is 0 Å². The zero-order valence-corrected chi connectivity index (χ0v) is 11.9. The van der Waals surface area contributed by atoms with E-state index in [2.05, 4.69) is 15.9 Å². The van der Waals surface area contributed by atoms with Crippen LogP contribution in [0.4, 0.5) is 30.7 Å². The van der Waals surface area contributed by atoms with Crippen LogP contribution in [0.1, 0.15) is 5.56 Å². The van der Waals surface area contributed by atoms with Crippen molar-refractivity contribution in [2.75, 3.05) is 0 Å². The van der Waals surface area contributed by atoms with Crippen LogP contribution in [0.15, 0.2) is 22.7 Å². The lowest BCUT2D eigenvalue weighted by Crippen LogP contribution is -2.50. The Morgan fingerprint density at radius 3 is 1.61 bits per heavy atom. The van der Waals surface area contributed by atoms with E-state index in [9.17, 15) is 30.7 Å². The highest BCUT2D eigenvalue weighted by Crippen LogP contribution is 2.53. The molecule has 1 aromatic rings. The molecule has 0 aliphatic heterocycles. The molecule has 102 valence electrons. The van der Waals surface area contributed by atoms with E-state index in [0.29, 0.717) is 12.1 Å². The molecule has 0 bridgehead atoms. The molecule has 0 N–H and O–H groups in total. The summed E-state index contributed by atoms with van der Waals surface area (Å²) in [6.45, 7) is 0. The molecule has 0 atom stereocenters. The van der Waals surface area contributed by atoms with Crippen molar-refractivity contribution in [2.24, 2.45) is 0 Å². The lowest BCUT2D eigenvalue weighted by molar-refractivity contribution is -0.348. The molecular formula is C9H3BrF7I. The topological polar surface area (TPSA) is 0 Å². The van der Waals surface area contributed by atoms with Crippen LogP contribution in [-0.2, 0) is 5.67 Å². The van der Waals surface area contributed by atoms with E-state index < -0.39 is 23.6 Å². The lowest BCUT2D eigenvalue weighted by atomic mass is 9.94. The summed E-state index contributed by atoms with van der Waals surface area (Å²) in [6, 6.07) is 2.23. The summed E-state index contributed by atoms with van der Waals surface area (Å²) in [5, 5.41) is 0. The molecular weight excluding hydrogens is 448 g/mol. The Labute approximate surface area is 119 Å². The Balaban J connectivity index is 3.55. The Hall–Kier alpha value is -0.0600. The fourth-order valence-corrected chi connectivity index (χ4v) is 2.83. The summed E-state index contributed by atoms with van der Waals surface area (Å²) in [7, 11) is 0. The van der Waals surface area contributed by atoms with Gasteiger partial charge in [-0.1, -0.05) is 15.9 Å². The quantitative estimate of drug-likeness (QED) is 0.400. The van der Waals surface area contributed by atoms with Gasteiger partial charge in [0.25, 0.3) is 0 Å². The lowest BCUT2D eigenvalue weighted by Gasteiger charge is -2.30. The van der Waals surface area contributed by atoms with Gasteiger partial charge in [0.05, 0.1) is 0 Å². The van der Waals surface area contributed by atoms with Crippen LogP contribution in [0, 0.1) is 3.57 Å². The Kier molecular flexibility index (Phi) is 4.27. The molecule has 0 aliphatic carbocycles. The molecule has 18 heavy (non-hydrogen) atoms. The van der Waals surface area contributed by atoms with Crippen molar-refractivity contribution in [3.63, 3.8) is 0 Å². The van der Waals surface area contributed by atoms with Gasteiger partial charge in [-0.15, -0.1) is 0 Å². The third kappa shape index (κ3) is 2.75. The van der Waals surface area contributed by atoms with E-state index in [1.165, 1.54) is 28.7 Å². The molecule has 0 spiro atoms. The van der Waals surface area contributed by atoms with Crippen LogP contribution in [0.5, 0.6) is 0 Å². The van der Waals surface area contributed by atoms with Crippen LogP contribution in [-0.4, -0.2) is 12.4 Å². The Morgan fingerprint density at radius 2 is 1.28 bits per heavy atom. The first-order valence-corrected chi connectivity index (χ1v) is 6.05. The van der Waals surface area contributed by atoms with E-state index in [1.54, 1.807) is 0 Å². The first kappa shape index (κ1) is 16.0. The summed E-state index contributed by atoms with van der Waals surface area (Å²) in [4.78, 5) is 0. The van der Waals surface area contributed by atoms with E-state index in [0.717, 1.165) is 0 Å². The first-order valence-electron chi connectivity index (χ1n) is 4.18. The highest BCUT2D eigenvalue weighted by atomic mass is 127. The predicted molar refractivity (Wildman–Crippen MR) is 61.8 cm³/mol. The number of benzene rings is 1. The van der Waals surface area contributed by atoms with Gasteiger partial charge in [0.2, 0.25) is 0 Å². The second-order valence-corrected chi connectivity index (χ2v) is 5.47. The van der Waals surface area contributed by atoms with Crippen molar-refractivity contribution in [3.8, 4) is 0 Å². The highest BCUT2D eigenvalue weighted by Gasteiger charge is 2.73. The summed E-state index contributed by atoms with van der Waals surface area (Å²) in [5.74, 6) is 0. The summed E-state index contributed by atoms with van der Waals surface area (Å²) >= 11 is 4.23. The zero-order chi connectivity index (χ0) is 14.4. The van der Waals surface area contributed by atoms with Crippen molar-refractivity contribution in [2.45, 2.75) is 18.0 Å². The van der Waals surface area contributed by atoms with Gasteiger partial charge in [0, 0.05) is 13.6 Å². The summed E-state index contributed by atoms with van der Waals surface area (Å²) in [6.07, 6.45) is -12.2. The Bertz CT molecular complexity index is 417. The van der Waals surface area contributed by atoms with Gasteiger partial charge >= 0.3 is 18.0 Å². The molecule has 9 heteroatoms. The monoisotopic (exact) mass is 450 g/mol. The molecule has 0 saturated heterocycles. The van der Waals surface area contributed by atoms with Crippen molar-refractivity contribution < 1.29 is 30.7 Å². The fraction of sp³-hybridized carbons (Fsp3) is 0.333. The average molecular weight is 451 g/mol. The fourth-order valence-electron chi connectivity index (χ4n) is 1.24. The number of hydrogen-bond donors (Lipinski definition) is 0. The molecule has 0 nitrogen and oxygen atoms in total. The van der Waals surface area contributed by atoms with Gasteiger partial charge in [-0.3, -0.25) is 0 Å². The molecule has 0 radical (unpaired) electrons. The minimum absolute atomic E-state index is 0.0486. The normalized spacial score (nSPS) is 13.8. The molecule has 0 unspecified atom stereocenters. The standard InChI is InChI=1S/C9H3BrF7I/c10-5-1-4(2-6(18)3-5)7(11,8(12,13)14)9(15,16)17/h1-3H. The van der Waals surface area contributed by atoms with Crippen molar-refractivity contribution in [1.29, 1.82) is 0 Å². The summed E-state index contributed by atoms with van der Waals surface area (Å²) in [5.41, 5.74) is -6.88. The molecule has 0 heterocycles. The number of alkyl halides is 7. The largest absolute Gasteiger partial charge is 0.435 e. The second-order valence-electron chi connectivity index (χ2n) is 3.31. The first-order chi connectivity index (χ1) is 7.89. The van der Waals surface area contributed by atoms with E-state index in [1.807, 2.05) is 0 Å². The number of rotatable bonds is 1. The minimum atomic E-state index is -6.09. The maximum atomic E-state index is 13.6. The molecule has 0 saturated carbocycles. The Morgan fingerprint density at radius 1 is 0.833 bits per heavy atom. The van der Waals surface area contributed by atoms with Crippen LogP contribution in [0.2, 0.25) is 0 Å². The van der Waals surface area contributed by atoms with Gasteiger partial charge in [0.15, 0.2) is 0 Å². The van der Waals surface area contributed by atoms with Crippen LogP contribution >= 0.6 is 38.5 Å². The van der Waals surface area contributed by atoms with E-state index in [4.69, 9.17) is 0 Å². The smallest absolute Gasteiger partial charge is 0.218 e. The van der Waals surface area contributed by atoms with Gasteiger partial charge in [-0.05, 0) is 40.8 Å². The second kappa shape index (κ2) is 4.80. The van der Waals surface area contributed by atoms with Crippen LogP contribution in [0.3, 0.4) is 0 Å². The molecule has 0 amide bonds. The molecule has 0 aliphatic rings. The van der Waals surface area contributed by atoms with Crippen molar-refractivity contribution in [3.05, 3.63) is 31.8 Å². The number of halogens is 9. The molecule has 1 rings (SSSR count). The highest BCUT2D eigenvalue weighted by molar-refractivity contribution is 14.1. The third-order valence-corrected chi connectivity index (χ3v) is 3.12.